The lowest BCUT2D eigenvalue weighted by molar-refractivity contribution is -0.0193. The molecule has 0 heterocycles. The molecule has 0 bridgehead atoms. The number of halogens is 1. The van der Waals surface area contributed by atoms with Crippen molar-refractivity contribution in [1.82, 2.24) is 0 Å². The van der Waals surface area contributed by atoms with E-state index in [1.807, 2.05) is 0 Å². The van der Waals surface area contributed by atoms with Crippen LogP contribution in [0.15, 0.2) is 24.3 Å². The highest BCUT2D eigenvalue weighted by Crippen LogP contribution is 2.46. The molecular formula is C8H8FO4P. The van der Waals surface area contributed by atoms with Gasteiger partial charge >= 0.3 is 7.60 Å². The number of carbonyl (C=O) groups excluding carboxylic acids is 1. The summed E-state index contributed by atoms with van der Waals surface area (Å²) >= 11 is 0. The minimum atomic E-state index is -4.26. The van der Waals surface area contributed by atoms with E-state index in [2.05, 4.69) is 4.73 Å². The first-order chi connectivity index (χ1) is 6.59. The van der Waals surface area contributed by atoms with E-state index in [-0.39, 0.29) is 11.1 Å². The number of benzene rings is 1. The number of aldehydes is 1. The van der Waals surface area contributed by atoms with Crippen LogP contribution in [0, 0.1) is 0 Å². The average molecular weight is 218 g/mol. The van der Waals surface area contributed by atoms with Gasteiger partial charge in [-0.25, -0.2) is 0 Å². The van der Waals surface area contributed by atoms with E-state index < -0.39 is 13.8 Å². The molecule has 76 valence electrons. The molecule has 14 heavy (non-hydrogen) atoms. The monoisotopic (exact) mass is 218 g/mol. The van der Waals surface area contributed by atoms with E-state index in [0.29, 0.717) is 6.29 Å². The molecule has 1 atom stereocenters. The molecule has 0 saturated carbocycles. The zero-order valence-corrected chi connectivity index (χ0v) is 7.99. The van der Waals surface area contributed by atoms with E-state index in [1.54, 1.807) is 12.1 Å². The first-order valence-electron chi connectivity index (χ1n) is 3.74. The second kappa shape index (κ2) is 4.46. The van der Waals surface area contributed by atoms with Crippen LogP contribution in [0.1, 0.15) is 15.9 Å². The lowest BCUT2D eigenvalue weighted by atomic mass is 10.1. The van der Waals surface area contributed by atoms with E-state index in [1.165, 1.54) is 12.1 Å². The van der Waals surface area contributed by atoms with Crippen molar-refractivity contribution in [3.63, 3.8) is 0 Å². The van der Waals surface area contributed by atoms with Crippen LogP contribution in [-0.4, -0.2) is 11.2 Å². The van der Waals surface area contributed by atoms with Gasteiger partial charge in [0.25, 0.3) is 0 Å². The Balaban J connectivity index is 2.97. The Labute approximate surface area is 79.8 Å². The highest BCUT2D eigenvalue weighted by Gasteiger charge is 2.22. The second-order valence-electron chi connectivity index (χ2n) is 2.68. The topological polar surface area (TPSA) is 63.6 Å². The van der Waals surface area contributed by atoms with Crippen LogP contribution in [0.5, 0.6) is 0 Å². The number of carbonyl (C=O) groups is 1. The Morgan fingerprint density at radius 2 is 2.14 bits per heavy atom. The van der Waals surface area contributed by atoms with Gasteiger partial charge in [-0.1, -0.05) is 24.3 Å². The third-order valence-corrected chi connectivity index (χ3v) is 2.62. The van der Waals surface area contributed by atoms with Crippen LogP contribution < -0.4 is 0 Å². The fourth-order valence-electron chi connectivity index (χ4n) is 1.03. The van der Waals surface area contributed by atoms with Crippen molar-refractivity contribution < 1.29 is 23.5 Å². The van der Waals surface area contributed by atoms with Crippen molar-refractivity contribution in [1.29, 1.82) is 0 Å². The van der Waals surface area contributed by atoms with Crippen molar-refractivity contribution in [2.24, 2.45) is 0 Å². The zero-order chi connectivity index (χ0) is 10.6. The molecule has 1 aromatic carbocycles. The van der Waals surface area contributed by atoms with E-state index in [9.17, 15) is 13.9 Å². The molecule has 1 N–H and O–H groups in total. The zero-order valence-electron chi connectivity index (χ0n) is 7.09. The molecule has 0 aliphatic heterocycles. The van der Waals surface area contributed by atoms with Crippen molar-refractivity contribution in [3.8, 4) is 0 Å². The molecule has 0 aliphatic carbocycles. The highest BCUT2D eigenvalue weighted by molar-refractivity contribution is 7.51. The predicted molar refractivity (Wildman–Crippen MR) is 47.6 cm³/mol. The van der Waals surface area contributed by atoms with Crippen molar-refractivity contribution >= 4 is 13.9 Å². The minimum Gasteiger partial charge on any atom is -0.322 e. The van der Waals surface area contributed by atoms with Gasteiger partial charge in [0.2, 0.25) is 0 Å². The molecule has 4 nitrogen and oxygen atoms in total. The smallest absolute Gasteiger partial charge is 0.322 e. The van der Waals surface area contributed by atoms with Crippen molar-refractivity contribution in [2.75, 3.05) is 0 Å². The van der Waals surface area contributed by atoms with Crippen LogP contribution in [0.25, 0.3) is 0 Å². The molecule has 0 aromatic heterocycles. The second-order valence-corrected chi connectivity index (χ2v) is 4.41. The third-order valence-electron chi connectivity index (χ3n) is 1.66. The van der Waals surface area contributed by atoms with Crippen LogP contribution in [-0.2, 0) is 15.5 Å². The standard InChI is InChI=1S/C8H8FO4P/c9-13-14(11,12)6-8-4-2-1-3-7(8)5-10/h1-5H,6H2,(H,11,12). The maximum Gasteiger partial charge on any atom is 0.365 e. The van der Waals surface area contributed by atoms with Gasteiger partial charge in [0.05, 0.1) is 6.16 Å². The van der Waals surface area contributed by atoms with Crippen molar-refractivity contribution in [2.45, 2.75) is 6.16 Å². The summed E-state index contributed by atoms with van der Waals surface area (Å²) < 4.78 is 25.4. The largest absolute Gasteiger partial charge is 0.365 e. The van der Waals surface area contributed by atoms with Crippen LogP contribution in [0.3, 0.4) is 0 Å². The third kappa shape index (κ3) is 2.73. The predicted octanol–water partition coefficient (Wildman–Crippen LogP) is 2.09. The van der Waals surface area contributed by atoms with Gasteiger partial charge in [-0.05, 0) is 10.1 Å². The van der Waals surface area contributed by atoms with Gasteiger partial charge in [0.15, 0.2) is 0 Å². The molecule has 1 rings (SSSR count). The molecule has 0 spiro atoms. The summed E-state index contributed by atoms with van der Waals surface area (Å²) in [7, 11) is -4.26. The van der Waals surface area contributed by atoms with Crippen LogP contribution in [0.2, 0.25) is 0 Å². The highest BCUT2D eigenvalue weighted by atomic mass is 31.2. The Morgan fingerprint density at radius 3 is 2.71 bits per heavy atom. The van der Waals surface area contributed by atoms with Gasteiger partial charge in [0, 0.05) is 5.56 Å². The molecule has 0 amide bonds. The fourth-order valence-corrected chi connectivity index (χ4v) is 1.80. The van der Waals surface area contributed by atoms with Gasteiger partial charge in [0.1, 0.15) is 6.29 Å². The van der Waals surface area contributed by atoms with Gasteiger partial charge in [-0.3, -0.25) is 9.36 Å². The molecule has 0 saturated heterocycles. The molecule has 0 aliphatic rings. The van der Waals surface area contributed by atoms with Crippen LogP contribution >= 0.6 is 7.60 Å². The molecule has 0 radical (unpaired) electrons. The minimum absolute atomic E-state index is 0.249. The summed E-state index contributed by atoms with van der Waals surface area (Å²) in [6, 6.07) is 6.12. The molecular weight excluding hydrogens is 210 g/mol. The van der Waals surface area contributed by atoms with E-state index >= 15 is 0 Å². The lowest BCUT2D eigenvalue weighted by Crippen LogP contribution is -1.93. The average Bonchev–Trinajstić information content (AvgIpc) is 2.18. The summed E-state index contributed by atoms with van der Waals surface area (Å²) in [6.45, 7) is 0. The summed E-state index contributed by atoms with van der Waals surface area (Å²) in [4.78, 5) is 19.3. The number of rotatable bonds is 4. The SMILES string of the molecule is O=Cc1ccccc1CP(=O)(O)OF. The fraction of sp³-hybridized carbons (Fsp3) is 0.125. The Morgan fingerprint density at radius 1 is 1.50 bits per heavy atom. The first kappa shape index (κ1) is 11.0. The Hall–Kier alpha value is -1.03. The van der Waals surface area contributed by atoms with Gasteiger partial charge < -0.3 is 4.89 Å². The maximum absolute atomic E-state index is 11.6. The Bertz CT molecular complexity index is 379. The summed E-state index contributed by atoms with van der Waals surface area (Å²) in [5.74, 6) is 0. The summed E-state index contributed by atoms with van der Waals surface area (Å²) in [5.41, 5.74) is 0.532. The quantitative estimate of drug-likeness (QED) is 0.620. The van der Waals surface area contributed by atoms with E-state index in [4.69, 9.17) is 4.89 Å². The van der Waals surface area contributed by atoms with E-state index in [0.717, 1.165) is 0 Å². The molecule has 1 unspecified atom stereocenters. The maximum atomic E-state index is 11.6. The number of hydrogen-bond acceptors (Lipinski definition) is 3. The first-order valence-corrected chi connectivity index (χ1v) is 5.50. The molecule has 6 heteroatoms. The Kier molecular flexibility index (Phi) is 3.52. The summed E-state index contributed by atoms with van der Waals surface area (Å²) in [5, 5.41) is 0. The van der Waals surface area contributed by atoms with Gasteiger partial charge in [-0.15, -0.1) is 4.73 Å². The lowest BCUT2D eigenvalue weighted by Gasteiger charge is -2.06. The van der Waals surface area contributed by atoms with Crippen LogP contribution in [0.4, 0.5) is 4.53 Å². The van der Waals surface area contributed by atoms with Gasteiger partial charge in [-0.2, -0.15) is 0 Å². The number of hydrogen-bond donors (Lipinski definition) is 1. The molecule has 0 fully saturated rings. The molecule has 1 aromatic rings. The summed E-state index contributed by atoms with van der Waals surface area (Å²) in [6.07, 6.45) is 0.0198. The van der Waals surface area contributed by atoms with Crippen molar-refractivity contribution in [3.05, 3.63) is 35.4 Å². The normalized spacial score (nSPS) is 14.7.